The molecule has 2 heterocycles. The Bertz CT molecular complexity index is 842. The van der Waals surface area contributed by atoms with Gasteiger partial charge in [-0.1, -0.05) is 23.4 Å². The number of aliphatic imine (C=N–C) groups is 1. The summed E-state index contributed by atoms with van der Waals surface area (Å²) in [5, 5.41) is 11.9. The van der Waals surface area contributed by atoms with Crippen molar-refractivity contribution in [3.05, 3.63) is 53.5 Å². The van der Waals surface area contributed by atoms with Gasteiger partial charge in [0, 0.05) is 44.0 Å². The first-order chi connectivity index (χ1) is 12.2. The summed E-state index contributed by atoms with van der Waals surface area (Å²) in [5.41, 5.74) is 3.28. The van der Waals surface area contributed by atoms with Gasteiger partial charge in [0.1, 0.15) is 5.76 Å². The molecule has 1 aromatic carbocycles. The van der Waals surface area contributed by atoms with Crippen LogP contribution in [0.15, 0.2) is 46.0 Å². The van der Waals surface area contributed by atoms with Crippen molar-refractivity contribution in [3.63, 3.8) is 0 Å². The molecule has 0 aliphatic carbocycles. The van der Waals surface area contributed by atoms with Crippen LogP contribution < -0.4 is 10.6 Å². The van der Waals surface area contributed by atoms with Crippen LogP contribution >= 0.6 is 0 Å². The summed E-state index contributed by atoms with van der Waals surface area (Å²) in [5.74, 6) is 1.64. The molecule has 0 aliphatic rings. The van der Waals surface area contributed by atoms with Crippen LogP contribution in [-0.4, -0.2) is 29.3 Å². The van der Waals surface area contributed by atoms with Crippen molar-refractivity contribution < 1.29 is 4.52 Å². The summed E-state index contributed by atoms with van der Waals surface area (Å²) in [6, 6.07) is 10.6. The number of nitrogens with one attached hydrogen (secondary N) is 2. The number of hydrogen-bond donors (Lipinski definition) is 2. The highest BCUT2D eigenvalue weighted by Crippen LogP contribution is 2.15. The topological polar surface area (TPSA) is 67.4 Å². The number of para-hydroxylation sites is 1. The van der Waals surface area contributed by atoms with Crippen LogP contribution in [0.25, 0.3) is 10.9 Å². The summed E-state index contributed by atoms with van der Waals surface area (Å²) < 4.78 is 7.47. The molecule has 0 aliphatic heterocycles. The molecule has 132 valence electrons. The van der Waals surface area contributed by atoms with E-state index < -0.39 is 0 Å². The van der Waals surface area contributed by atoms with Crippen molar-refractivity contribution in [2.24, 2.45) is 4.99 Å². The van der Waals surface area contributed by atoms with Gasteiger partial charge in [-0.05, 0) is 37.8 Å². The Morgan fingerprint density at radius 2 is 2.04 bits per heavy atom. The van der Waals surface area contributed by atoms with Crippen LogP contribution in [0.5, 0.6) is 0 Å². The maximum Gasteiger partial charge on any atom is 0.191 e. The maximum atomic E-state index is 5.18. The smallest absolute Gasteiger partial charge is 0.191 e. The molecule has 3 aromatic rings. The molecule has 0 spiro atoms. The van der Waals surface area contributed by atoms with Crippen LogP contribution in [0.2, 0.25) is 0 Å². The van der Waals surface area contributed by atoms with E-state index in [0.717, 1.165) is 42.5 Å². The van der Waals surface area contributed by atoms with Crippen LogP contribution in [0.4, 0.5) is 0 Å². The van der Waals surface area contributed by atoms with E-state index in [4.69, 9.17) is 4.52 Å². The Hall–Kier alpha value is -2.76. The molecule has 6 heteroatoms. The molecule has 0 saturated carbocycles. The first kappa shape index (κ1) is 17.1. The Morgan fingerprint density at radius 3 is 2.80 bits per heavy atom. The van der Waals surface area contributed by atoms with E-state index in [1.807, 2.05) is 13.8 Å². The van der Waals surface area contributed by atoms with Crippen molar-refractivity contribution in [2.45, 2.75) is 33.4 Å². The first-order valence-electron chi connectivity index (χ1n) is 8.59. The second-order valence-corrected chi connectivity index (χ2v) is 6.08. The van der Waals surface area contributed by atoms with Crippen LogP contribution in [0.1, 0.15) is 23.4 Å². The van der Waals surface area contributed by atoms with Gasteiger partial charge in [0.25, 0.3) is 0 Å². The van der Waals surface area contributed by atoms with E-state index in [1.165, 1.54) is 10.9 Å². The third-order valence-electron chi connectivity index (χ3n) is 4.39. The number of benzene rings is 1. The number of guanidine groups is 1. The third kappa shape index (κ3) is 4.02. The summed E-state index contributed by atoms with van der Waals surface area (Å²) in [6.07, 6.45) is 3.17. The first-order valence-corrected chi connectivity index (χ1v) is 8.59. The van der Waals surface area contributed by atoms with Gasteiger partial charge in [-0.3, -0.25) is 4.99 Å². The lowest BCUT2D eigenvalue weighted by molar-refractivity contribution is 0.392. The van der Waals surface area contributed by atoms with E-state index in [9.17, 15) is 0 Å². The average molecular weight is 339 g/mol. The lowest BCUT2D eigenvalue weighted by Crippen LogP contribution is -2.37. The van der Waals surface area contributed by atoms with Gasteiger partial charge in [-0.25, -0.2) is 0 Å². The Balaban J connectivity index is 1.46. The molecule has 0 bridgehead atoms. The van der Waals surface area contributed by atoms with Crippen LogP contribution in [0, 0.1) is 13.8 Å². The zero-order valence-electron chi connectivity index (χ0n) is 15.0. The molecule has 0 atom stereocenters. The quantitative estimate of drug-likeness (QED) is 0.412. The second kappa shape index (κ2) is 7.88. The minimum absolute atomic E-state index is 0.656. The molecule has 6 nitrogen and oxygen atoms in total. The fourth-order valence-electron chi connectivity index (χ4n) is 2.94. The minimum Gasteiger partial charge on any atom is -0.361 e. The van der Waals surface area contributed by atoms with Crippen molar-refractivity contribution in [2.75, 3.05) is 13.6 Å². The Morgan fingerprint density at radius 1 is 1.20 bits per heavy atom. The highest BCUT2D eigenvalue weighted by molar-refractivity contribution is 5.80. The molecule has 0 amide bonds. The Kier molecular flexibility index (Phi) is 5.38. The van der Waals surface area contributed by atoms with Crippen molar-refractivity contribution >= 4 is 16.9 Å². The summed E-state index contributed by atoms with van der Waals surface area (Å²) in [4.78, 5) is 4.27. The largest absolute Gasteiger partial charge is 0.361 e. The van der Waals surface area contributed by atoms with Gasteiger partial charge >= 0.3 is 0 Å². The zero-order valence-corrected chi connectivity index (χ0v) is 15.0. The number of aryl methyl sites for hydroxylation is 3. The van der Waals surface area contributed by atoms with Gasteiger partial charge in [-0.15, -0.1) is 0 Å². The van der Waals surface area contributed by atoms with Crippen molar-refractivity contribution in [1.29, 1.82) is 0 Å². The molecular formula is C19H25N5O. The fraction of sp³-hybridized carbons (Fsp3) is 0.368. The van der Waals surface area contributed by atoms with Gasteiger partial charge < -0.3 is 19.7 Å². The van der Waals surface area contributed by atoms with Crippen molar-refractivity contribution in [1.82, 2.24) is 20.4 Å². The molecule has 0 fully saturated rings. The van der Waals surface area contributed by atoms with Gasteiger partial charge in [-0.2, -0.15) is 0 Å². The van der Waals surface area contributed by atoms with E-state index in [2.05, 4.69) is 61.9 Å². The minimum atomic E-state index is 0.656. The number of fused-ring (bicyclic) bond motifs is 1. The summed E-state index contributed by atoms with van der Waals surface area (Å²) in [7, 11) is 1.78. The molecular weight excluding hydrogens is 314 g/mol. The molecule has 0 radical (unpaired) electrons. The van der Waals surface area contributed by atoms with E-state index in [1.54, 1.807) is 7.05 Å². The number of rotatable bonds is 6. The summed E-state index contributed by atoms with van der Waals surface area (Å²) in [6.45, 7) is 6.36. The van der Waals surface area contributed by atoms with E-state index in [0.29, 0.717) is 6.54 Å². The standard InChI is InChI=1S/C19H25N5O/c1-14-17(15(2)25-23-14)13-22-19(20-3)21-10-6-11-24-12-9-16-7-4-5-8-18(16)24/h4-5,7-9,12H,6,10-11,13H2,1-3H3,(H2,20,21,22). The second-order valence-electron chi connectivity index (χ2n) is 6.08. The van der Waals surface area contributed by atoms with Crippen LogP contribution in [0.3, 0.4) is 0 Å². The molecule has 3 rings (SSSR count). The highest BCUT2D eigenvalue weighted by atomic mass is 16.5. The molecule has 0 saturated heterocycles. The predicted molar refractivity (Wildman–Crippen MR) is 101 cm³/mol. The zero-order chi connectivity index (χ0) is 17.6. The van der Waals surface area contributed by atoms with Gasteiger partial charge in [0.05, 0.1) is 5.69 Å². The monoisotopic (exact) mass is 339 g/mol. The van der Waals surface area contributed by atoms with Gasteiger partial charge in [0.15, 0.2) is 5.96 Å². The lowest BCUT2D eigenvalue weighted by Gasteiger charge is -2.12. The highest BCUT2D eigenvalue weighted by Gasteiger charge is 2.09. The molecule has 25 heavy (non-hydrogen) atoms. The lowest BCUT2D eigenvalue weighted by atomic mass is 10.2. The van der Waals surface area contributed by atoms with Crippen LogP contribution in [-0.2, 0) is 13.1 Å². The average Bonchev–Trinajstić information content (AvgIpc) is 3.18. The molecule has 2 N–H and O–H groups in total. The number of nitrogens with zero attached hydrogens (tertiary/aromatic N) is 3. The van der Waals surface area contributed by atoms with Crippen molar-refractivity contribution in [3.8, 4) is 0 Å². The normalized spacial score (nSPS) is 11.9. The fourth-order valence-corrected chi connectivity index (χ4v) is 2.94. The van der Waals surface area contributed by atoms with E-state index >= 15 is 0 Å². The van der Waals surface area contributed by atoms with E-state index in [-0.39, 0.29) is 0 Å². The maximum absolute atomic E-state index is 5.18. The number of aromatic nitrogens is 2. The predicted octanol–water partition coefficient (Wildman–Crippen LogP) is 3.00. The van der Waals surface area contributed by atoms with Gasteiger partial charge in [0.2, 0.25) is 0 Å². The molecule has 0 unspecified atom stereocenters. The third-order valence-corrected chi connectivity index (χ3v) is 4.39. The summed E-state index contributed by atoms with van der Waals surface area (Å²) >= 11 is 0. The Labute approximate surface area is 147 Å². The molecule has 2 aromatic heterocycles. The number of hydrogen-bond acceptors (Lipinski definition) is 3. The SMILES string of the molecule is CN=C(NCCCn1ccc2ccccc21)NCc1c(C)noc1C.